The lowest BCUT2D eigenvalue weighted by molar-refractivity contribution is -0.134. The number of benzene rings is 1. The third-order valence-corrected chi connectivity index (χ3v) is 3.89. The van der Waals surface area contributed by atoms with Gasteiger partial charge in [-0.1, -0.05) is 17.7 Å². The number of hydrogen-bond acceptors (Lipinski definition) is 3. The molecule has 5 heteroatoms. The molecule has 0 spiro atoms. The molecule has 1 aromatic rings. The Kier molecular flexibility index (Phi) is 4.96. The zero-order valence-corrected chi connectivity index (χ0v) is 12.9. The van der Waals surface area contributed by atoms with Crippen LogP contribution in [0.4, 0.5) is 5.69 Å². The highest BCUT2D eigenvalue weighted by molar-refractivity contribution is 6.00. The van der Waals surface area contributed by atoms with E-state index in [9.17, 15) is 9.59 Å². The van der Waals surface area contributed by atoms with E-state index in [1.807, 2.05) is 38.2 Å². The Morgan fingerprint density at radius 2 is 2.05 bits per heavy atom. The van der Waals surface area contributed by atoms with Gasteiger partial charge in [0.15, 0.2) is 0 Å². The van der Waals surface area contributed by atoms with Gasteiger partial charge in [-0.05, 0) is 26.1 Å². The summed E-state index contributed by atoms with van der Waals surface area (Å²) in [6, 6.07) is 7.84. The van der Waals surface area contributed by atoms with Gasteiger partial charge < -0.3 is 15.1 Å². The Hall–Kier alpha value is -1.88. The number of carbonyl (C=O) groups excluding carboxylic acids is 2. The molecule has 114 valence electrons. The Balaban J connectivity index is 2.02. The van der Waals surface area contributed by atoms with Crippen molar-refractivity contribution < 1.29 is 9.59 Å². The number of likely N-dealkylation sites (N-methyl/N-ethyl adjacent to an activating group) is 2. The van der Waals surface area contributed by atoms with Crippen LogP contribution in [0, 0.1) is 12.8 Å². The minimum atomic E-state index is -0.236. The molecule has 0 saturated carbocycles. The highest BCUT2D eigenvalue weighted by Crippen LogP contribution is 2.26. The van der Waals surface area contributed by atoms with Crippen LogP contribution in [0.15, 0.2) is 24.3 Å². The maximum absolute atomic E-state index is 12.3. The molecule has 1 aliphatic heterocycles. The SMILES string of the molecule is CNCCN(C)C(=O)C1CC(=O)N(c2ccc(C)cc2)C1. The molecule has 1 unspecified atom stereocenters. The van der Waals surface area contributed by atoms with Crippen LogP contribution in [-0.2, 0) is 9.59 Å². The van der Waals surface area contributed by atoms with Crippen molar-refractivity contribution in [1.82, 2.24) is 10.2 Å². The summed E-state index contributed by atoms with van der Waals surface area (Å²) in [5.41, 5.74) is 2.03. The molecule has 1 aliphatic rings. The normalized spacial score (nSPS) is 18.1. The molecule has 5 nitrogen and oxygen atoms in total. The lowest BCUT2D eigenvalue weighted by atomic mass is 10.1. The maximum Gasteiger partial charge on any atom is 0.227 e. The highest BCUT2D eigenvalue weighted by atomic mass is 16.2. The first kappa shape index (κ1) is 15.5. The molecule has 0 bridgehead atoms. The number of nitrogens with one attached hydrogen (secondary N) is 1. The van der Waals surface area contributed by atoms with Crippen molar-refractivity contribution in [3.8, 4) is 0 Å². The zero-order chi connectivity index (χ0) is 15.4. The number of nitrogens with zero attached hydrogens (tertiary/aromatic N) is 2. The maximum atomic E-state index is 12.3. The summed E-state index contributed by atoms with van der Waals surface area (Å²) in [5.74, 6) is -0.159. The molecule has 1 fully saturated rings. The van der Waals surface area contributed by atoms with Gasteiger partial charge in [0.25, 0.3) is 0 Å². The fourth-order valence-electron chi connectivity index (χ4n) is 2.55. The van der Waals surface area contributed by atoms with E-state index in [2.05, 4.69) is 5.32 Å². The molecule has 21 heavy (non-hydrogen) atoms. The van der Waals surface area contributed by atoms with Gasteiger partial charge in [-0.15, -0.1) is 0 Å². The predicted octanol–water partition coefficient (Wildman–Crippen LogP) is 1.03. The fraction of sp³-hybridized carbons (Fsp3) is 0.500. The van der Waals surface area contributed by atoms with Gasteiger partial charge in [0.05, 0.1) is 5.92 Å². The number of hydrogen-bond donors (Lipinski definition) is 1. The molecule has 2 amide bonds. The Morgan fingerprint density at radius 1 is 1.38 bits per heavy atom. The van der Waals surface area contributed by atoms with Gasteiger partial charge in [0, 0.05) is 38.8 Å². The first-order valence-corrected chi connectivity index (χ1v) is 7.29. The van der Waals surface area contributed by atoms with Gasteiger partial charge in [-0.3, -0.25) is 9.59 Å². The van der Waals surface area contributed by atoms with Crippen LogP contribution in [0.1, 0.15) is 12.0 Å². The van der Waals surface area contributed by atoms with Crippen LogP contribution < -0.4 is 10.2 Å². The molecule has 1 atom stereocenters. The molecule has 1 heterocycles. The van der Waals surface area contributed by atoms with Crippen molar-refractivity contribution in [2.75, 3.05) is 38.6 Å². The Bertz CT molecular complexity index is 513. The number of aryl methyl sites for hydroxylation is 1. The summed E-state index contributed by atoms with van der Waals surface area (Å²) in [7, 11) is 3.65. The molecular formula is C16H23N3O2. The molecular weight excluding hydrogens is 266 g/mol. The summed E-state index contributed by atoms with van der Waals surface area (Å²) in [6.45, 7) is 3.90. The lowest BCUT2D eigenvalue weighted by Gasteiger charge is -2.21. The van der Waals surface area contributed by atoms with E-state index in [1.54, 1.807) is 16.8 Å². The molecule has 1 aromatic carbocycles. The number of carbonyl (C=O) groups is 2. The van der Waals surface area contributed by atoms with E-state index < -0.39 is 0 Å². The second kappa shape index (κ2) is 6.72. The van der Waals surface area contributed by atoms with E-state index in [-0.39, 0.29) is 17.7 Å². The Labute approximate surface area is 125 Å². The average molecular weight is 289 g/mol. The van der Waals surface area contributed by atoms with E-state index in [0.29, 0.717) is 19.5 Å². The first-order chi connectivity index (χ1) is 10.0. The minimum absolute atomic E-state index is 0.0271. The first-order valence-electron chi connectivity index (χ1n) is 7.29. The molecule has 2 rings (SSSR count). The quantitative estimate of drug-likeness (QED) is 0.881. The zero-order valence-electron chi connectivity index (χ0n) is 12.9. The van der Waals surface area contributed by atoms with E-state index >= 15 is 0 Å². The number of amides is 2. The van der Waals surface area contributed by atoms with Gasteiger partial charge in [0.1, 0.15) is 0 Å². The third-order valence-electron chi connectivity index (χ3n) is 3.89. The topological polar surface area (TPSA) is 52.7 Å². The number of rotatable bonds is 5. The molecule has 0 aromatic heterocycles. The van der Waals surface area contributed by atoms with Crippen molar-refractivity contribution in [2.45, 2.75) is 13.3 Å². The molecule has 0 aliphatic carbocycles. The smallest absolute Gasteiger partial charge is 0.227 e. The van der Waals surface area contributed by atoms with E-state index in [4.69, 9.17) is 0 Å². The van der Waals surface area contributed by atoms with Crippen molar-refractivity contribution in [3.05, 3.63) is 29.8 Å². The lowest BCUT2D eigenvalue weighted by Crippen LogP contribution is -2.38. The molecule has 1 N–H and O–H groups in total. The predicted molar refractivity (Wildman–Crippen MR) is 83.2 cm³/mol. The molecule has 1 saturated heterocycles. The van der Waals surface area contributed by atoms with Crippen LogP contribution in [0.2, 0.25) is 0 Å². The second-order valence-corrected chi connectivity index (χ2v) is 5.60. The van der Waals surface area contributed by atoms with Gasteiger partial charge in [-0.25, -0.2) is 0 Å². The summed E-state index contributed by atoms with van der Waals surface area (Å²) in [5, 5.41) is 3.02. The van der Waals surface area contributed by atoms with Crippen LogP contribution >= 0.6 is 0 Å². The summed E-state index contributed by atoms with van der Waals surface area (Å²) in [6.07, 6.45) is 0.302. The van der Waals surface area contributed by atoms with Crippen molar-refractivity contribution in [2.24, 2.45) is 5.92 Å². The van der Waals surface area contributed by atoms with Crippen LogP contribution in [-0.4, -0.2) is 50.4 Å². The van der Waals surface area contributed by atoms with Gasteiger partial charge >= 0.3 is 0 Å². The average Bonchev–Trinajstić information content (AvgIpc) is 2.86. The standard InChI is InChI=1S/C16H23N3O2/c1-12-4-6-14(7-5-12)19-11-13(10-15(19)20)16(21)18(3)9-8-17-2/h4-7,13,17H,8-11H2,1-3H3. The largest absolute Gasteiger partial charge is 0.344 e. The van der Waals surface area contributed by atoms with E-state index in [0.717, 1.165) is 17.8 Å². The summed E-state index contributed by atoms with van der Waals surface area (Å²) in [4.78, 5) is 27.9. The second-order valence-electron chi connectivity index (χ2n) is 5.60. The third kappa shape index (κ3) is 3.61. The van der Waals surface area contributed by atoms with Crippen LogP contribution in [0.3, 0.4) is 0 Å². The van der Waals surface area contributed by atoms with Crippen molar-refractivity contribution >= 4 is 17.5 Å². The fourth-order valence-corrected chi connectivity index (χ4v) is 2.55. The Morgan fingerprint density at radius 3 is 2.67 bits per heavy atom. The van der Waals surface area contributed by atoms with Crippen LogP contribution in [0.25, 0.3) is 0 Å². The number of anilines is 1. The van der Waals surface area contributed by atoms with Crippen molar-refractivity contribution in [3.63, 3.8) is 0 Å². The van der Waals surface area contributed by atoms with Gasteiger partial charge in [0.2, 0.25) is 11.8 Å². The summed E-state index contributed by atoms with van der Waals surface area (Å²) >= 11 is 0. The summed E-state index contributed by atoms with van der Waals surface area (Å²) < 4.78 is 0. The van der Waals surface area contributed by atoms with Crippen molar-refractivity contribution in [1.29, 1.82) is 0 Å². The monoisotopic (exact) mass is 289 g/mol. The van der Waals surface area contributed by atoms with E-state index in [1.165, 1.54) is 0 Å². The molecule has 0 radical (unpaired) electrons. The van der Waals surface area contributed by atoms with Crippen LogP contribution in [0.5, 0.6) is 0 Å². The van der Waals surface area contributed by atoms with Gasteiger partial charge in [-0.2, -0.15) is 0 Å². The minimum Gasteiger partial charge on any atom is -0.344 e. The highest BCUT2D eigenvalue weighted by Gasteiger charge is 2.36.